The summed E-state index contributed by atoms with van der Waals surface area (Å²) in [5, 5.41) is 14.0. The Kier molecular flexibility index (Phi) is 5.75. The Morgan fingerprint density at radius 2 is 0.775 bits per heavy atom. The van der Waals surface area contributed by atoms with Crippen molar-refractivity contribution < 1.29 is 13.3 Å². The van der Waals surface area contributed by atoms with E-state index < -0.39 is 0 Å². The number of hydrogen-bond acceptors (Lipinski definition) is 7. The molecule has 9 nitrogen and oxygen atoms in total. The molecule has 11 aromatic heterocycles. The standard InChI is InChI=1S/C62H42N6O3/c1-3-7-41-33(5-1)57-61(70-41)49-39(23-65-57)67-37-21-63-55-31-15-25-9-26(16-31)12-29(11-25)45(55)47(37)35-19-43-51(53(49)59(35)67)52-44(69-43)20-36-48-38(22-64-56-32-17-27-10-28(18-32)14-30(13-27)46(48)56)68-40-24-66-58-34-6-2-4-8-42(34)71-62(58)50(40)54(52)60(36)68/h1-8,19-32H,9-18H2. The zero-order chi connectivity index (χ0) is 45.0. The van der Waals surface area contributed by atoms with Crippen LogP contribution in [0, 0.1) is 23.7 Å². The van der Waals surface area contributed by atoms with Crippen molar-refractivity contribution >= 4 is 142 Å². The summed E-state index contributed by atoms with van der Waals surface area (Å²) in [5.74, 6) is 5.26. The molecule has 0 radical (unpaired) electrons. The van der Waals surface area contributed by atoms with Gasteiger partial charge in [-0.25, -0.2) is 9.97 Å². The predicted molar refractivity (Wildman–Crippen MR) is 280 cm³/mol. The summed E-state index contributed by atoms with van der Waals surface area (Å²) in [4.78, 5) is 21.6. The average molecular weight is 919 g/mol. The molecule has 4 aromatic carbocycles. The summed E-state index contributed by atoms with van der Waals surface area (Å²) in [7, 11) is 0. The lowest BCUT2D eigenvalue weighted by Gasteiger charge is -2.38. The molecule has 0 amide bonds. The Bertz CT molecular complexity index is 4700. The van der Waals surface area contributed by atoms with Gasteiger partial charge < -0.3 is 22.1 Å². The minimum Gasteiger partial charge on any atom is -0.456 e. The Morgan fingerprint density at radius 3 is 1.24 bits per heavy atom. The first-order valence-electron chi connectivity index (χ1n) is 26.5. The lowest BCUT2D eigenvalue weighted by molar-refractivity contribution is 0.165. The Labute approximate surface area is 402 Å². The van der Waals surface area contributed by atoms with E-state index in [2.05, 4.69) is 94.3 Å². The zero-order valence-corrected chi connectivity index (χ0v) is 38.7. The van der Waals surface area contributed by atoms with Crippen LogP contribution in [0.25, 0.3) is 142 Å². The van der Waals surface area contributed by atoms with E-state index in [4.69, 9.17) is 33.2 Å². The molecular weight excluding hydrogens is 877 g/mol. The average Bonchev–Trinajstić information content (AvgIpc) is 4.27. The lowest BCUT2D eigenvalue weighted by Crippen LogP contribution is -2.25. The van der Waals surface area contributed by atoms with Gasteiger partial charge >= 0.3 is 0 Å². The van der Waals surface area contributed by atoms with E-state index in [-0.39, 0.29) is 0 Å². The lowest BCUT2D eigenvalue weighted by atomic mass is 9.67. The van der Waals surface area contributed by atoms with E-state index >= 15 is 0 Å². The fraction of sp³-hybridized carbons (Fsp3) is 0.290. The monoisotopic (exact) mass is 918 g/mol. The molecule has 338 valence electrons. The van der Waals surface area contributed by atoms with Crippen LogP contribution in [-0.2, 0) is 0 Å². The SMILES string of the molecule is c1ccc2c(c1)oc1c2ncc2c1c1c3c(cc4c5c6c(ncc5n2c41)C1CC2CC(C1)CC6C2)oc1cc2c4c5c(ncc4n4c6cnc7c8ccccc8oc7c6c(c13)c24)C1CC2CC(C1)CC5C2. The molecule has 0 saturated heterocycles. The second-order valence-corrected chi connectivity index (χ2v) is 23.6. The van der Waals surface area contributed by atoms with Gasteiger partial charge in [-0.05, 0) is 147 Å². The highest BCUT2D eigenvalue weighted by Gasteiger charge is 2.46. The fourth-order valence-electron chi connectivity index (χ4n) is 18.3. The molecule has 8 aliphatic rings. The quantitative estimate of drug-likeness (QED) is 0.149. The van der Waals surface area contributed by atoms with Gasteiger partial charge in [0.1, 0.15) is 33.4 Å². The van der Waals surface area contributed by atoms with Gasteiger partial charge in [-0.2, -0.15) is 0 Å². The highest BCUT2D eigenvalue weighted by molar-refractivity contribution is 6.44. The molecule has 4 atom stereocenters. The number of fused-ring (bicyclic) bond motifs is 25. The van der Waals surface area contributed by atoms with Gasteiger partial charge in [0.2, 0.25) is 0 Å². The van der Waals surface area contributed by atoms with Crippen LogP contribution in [0.1, 0.15) is 110 Å². The van der Waals surface area contributed by atoms with Gasteiger partial charge in [0.15, 0.2) is 11.2 Å². The van der Waals surface area contributed by atoms with E-state index in [1.54, 1.807) is 0 Å². The summed E-state index contributed by atoms with van der Waals surface area (Å²) in [5.41, 5.74) is 19.5. The summed E-state index contributed by atoms with van der Waals surface area (Å²) < 4.78 is 26.7. The molecule has 0 N–H and O–H groups in total. The van der Waals surface area contributed by atoms with E-state index in [0.717, 1.165) is 133 Å². The maximum Gasteiger partial charge on any atom is 0.163 e. The molecule has 15 aromatic rings. The third-order valence-electron chi connectivity index (χ3n) is 20.3. The number of furan rings is 3. The van der Waals surface area contributed by atoms with Gasteiger partial charge in [0, 0.05) is 77.1 Å². The molecule has 8 aliphatic carbocycles. The fourth-order valence-corrected chi connectivity index (χ4v) is 18.3. The second-order valence-electron chi connectivity index (χ2n) is 23.6. The van der Waals surface area contributed by atoms with Gasteiger partial charge in [0.05, 0.1) is 68.7 Å². The largest absolute Gasteiger partial charge is 0.456 e. The summed E-state index contributed by atoms with van der Waals surface area (Å²) in [6.45, 7) is 0. The molecule has 0 spiro atoms. The van der Waals surface area contributed by atoms with Crippen LogP contribution in [0.5, 0.6) is 0 Å². The molecule has 4 fully saturated rings. The van der Waals surface area contributed by atoms with Crippen molar-refractivity contribution in [2.24, 2.45) is 23.7 Å². The number of para-hydroxylation sites is 2. The third kappa shape index (κ3) is 3.89. The predicted octanol–water partition coefficient (Wildman–Crippen LogP) is 16.0. The first-order chi connectivity index (χ1) is 35.1. The van der Waals surface area contributed by atoms with Gasteiger partial charge in [-0.15, -0.1) is 0 Å². The smallest absolute Gasteiger partial charge is 0.163 e. The molecule has 11 heterocycles. The van der Waals surface area contributed by atoms with Crippen molar-refractivity contribution in [1.29, 1.82) is 0 Å². The molecule has 4 unspecified atom stereocenters. The van der Waals surface area contributed by atoms with E-state index in [1.165, 1.54) is 119 Å². The maximum atomic E-state index is 7.63. The van der Waals surface area contributed by atoms with E-state index in [1.807, 2.05) is 0 Å². The van der Waals surface area contributed by atoms with Crippen LogP contribution in [0.15, 0.2) is 98.7 Å². The van der Waals surface area contributed by atoms with Crippen LogP contribution in [-0.4, -0.2) is 28.7 Å². The molecular formula is C62H42N6O3. The van der Waals surface area contributed by atoms with Crippen molar-refractivity contribution in [3.05, 3.63) is 108 Å². The molecule has 71 heavy (non-hydrogen) atoms. The van der Waals surface area contributed by atoms with Crippen molar-refractivity contribution in [3.63, 3.8) is 0 Å². The number of nitrogens with zero attached hydrogens (tertiary/aromatic N) is 6. The Morgan fingerprint density at radius 1 is 0.366 bits per heavy atom. The van der Waals surface area contributed by atoms with Crippen molar-refractivity contribution in [3.8, 4) is 0 Å². The maximum absolute atomic E-state index is 7.63. The Balaban J connectivity index is 1.02. The minimum atomic E-state index is 0.516. The Hall–Kier alpha value is -7.52. The van der Waals surface area contributed by atoms with Crippen LogP contribution in [0.3, 0.4) is 0 Å². The second kappa shape index (κ2) is 11.5. The topological polar surface area (TPSA) is 99.8 Å². The zero-order valence-electron chi connectivity index (χ0n) is 38.7. The number of aromatic nitrogens is 6. The van der Waals surface area contributed by atoms with E-state index in [0.29, 0.717) is 23.7 Å². The number of benzene rings is 4. The van der Waals surface area contributed by atoms with Crippen LogP contribution >= 0.6 is 0 Å². The first kappa shape index (κ1) is 35.6. The molecule has 9 heteroatoms. The van der Waals surface area contributed by atoms with Gasteiger partial charge in [-0.3, -0.25) is 9.97 Å². The normalized spacial score (nSPS) is 26.0. The highest BCUT2D eigenvalue weighted by Crippen LogP contribution is 2.61. The van der Waals surface area contributed by atoms with Crippen molar-refractivity contribution in [2.75, 3.05) is 0 Å². The van der Waals surface area contributed by atoms with E-state index in [9.17, 15) is 0 Å². The number of hydrogen-bond donors (Lipinski definition) is 0. The third-order valence-corrected chi connectivity index (χ3v) is 20.3. The number of rotatable bonds is 0. The highest BCUT2D eigenvalue weighted by atomic mass is 16.3. The number of pyridine rings is 4. The van der Waals surface area contributed by atoms with Crippen LogP contribution < -0.4 is 0 Å². The van der Waals surface area contributed by atoms with Crippen LogP contribution in [0.2, 0.25) is 0 Å². The molecule has 8 bridgehead atoms. The minimum absolute atomic E-state index is 0.516. The molecule has 4 saturated carbocycles. The van der Waals surface area contributed by atoms with Crippen molar-refractivity contribution in [1.82, 2.24) is 28.7 Å². The van der Waals surface area contributed by atoms with Gasteiger partial charge in [-0.1, -0.05) is 24.3 Å². The van der Waals surface area contributed by atoms with Crippen LogP contribution in [0.4, 0.5) is 0 Å². The summed E-state index contributed by atoms with van der Waals surface area (Å²) >= 11 is 0. The molecule has 23 rings (SSSR count). The van der Waals surface area contributed by atoms with Gasteiger partial charge in [0.25, 0.3) is 0 Å². The summed E-state index contributed by atoms with van der Waals surface area (Å²) in [6.07, 6.45) is 21.6. The molecule has 0 aliphatic heterocycles. The first-order valence-corrected chi connectivity index (χ1v) is 26.5. The summed E-state index contributed by atoms with van der Waals surface area (Å²) in [6, 6.07) is 21.6. The van der Waals surface area contributed by atoms with Crippen molar-refractivity contribution in [2.45, 2.75) is 87.9 Å².